The highest BCUT2D eigenvalue weighted by atomic mass is 32.2. The van der Waals surface area contributed by atoms with E-state index >= 15 is 0 Å². The van der Waals surface area contributed by atoms with Gasteiger partial charge in [0.15, 0.2) is 0 Å². The van der Waals surface area contributed by atoms with Crippen molar-refractivity contribution in [3.05, 3.63) is 89.5 Å². The summed E-state index contributed by atoms with van der Waals surface area (Å²) in [5, 5.41) is 10.8. The van der Waals surface area contributed by atoms with Crippen LogP contribution in [0.15, 0.2) is 77.7 Å². The first-order valence-electron chi connectivity index (χ1n) is 11.1. The molecule has 5 nitrogen and oxygen atoms in total. The van der Waals surface area contributed by atoms with Gasteiger partial charge in [0.2, 0.25) is 0 Å². The standard InChI is InChI=1S/C27H30N2O3S/c1-19-9-14-23-24(17-19)33-26(21-10-12-22(32-3)13-11-21)25(30)27(31)29(23)16-15-28(2)18-20-7-5-4-6-8-20/h4-14,17,25-26,30H,15-16,18H2,1-3H3/t25-,26+/m1/s1. The van der Waals surface area contributed by atoms with Gasteiger partial charge in [0, 0.05) is 24.5 Å². The number of nitrogens with zero attached hydrogens (tertiary/aromatic N) is 2. The molecule has 0 radical (unpaired) electrons. The van der Waals surface area contributed by atoms with Crippen LogP contribution in [-0.4, -0.2) is 49.3 Å². The van der Waals surface area contributed by atoms with Gasteiger partial charge >= 0.3 is 0 Å². The van der Waals surface area contributed by atoms with Crippen molar-refractivity contribution in [2.24, 2.45) is 0 Å². The van der Waals surface area contributed by atoms with Gasteiger partial charge < -0.3 is 19.6 Å². The average molecular weight is 463 g/mol. The third kappa shape index (κ3) is 5.41. The highest BCUT2D eigenvalue weighted by molar-refractivity contribution is 7.99. The van der Waals surface area contributed by atoms with Gasteiger partial charge in [0.25, 0.3) is 5.91 Å². The minimum atomic E-state index is -1.14. The Balaban J connectivity index is 1.58. The normalized spacial score (nSPS) is 18.2. The summed E-state index contributed by atoms with van der Waals surface area (Å²) in [5.74, 6) is 0.483. The number of carbonyl (C=O) groups excluding carboxylic acids is 1. The third-order valence-electron chi connectivity index (χ3n) is 5.91. The largest absolute Gasteiger partial charge is 0.497 e. The van der Waals surface area contributed by atoms with E-state index in [4.69, 9.17) is 4.74 Å². The topological polar surface area (TPSA) is 53.0 Å². The molecule has 1 aliphatic rings. The van der Waals surface area contributed by atoms with Gasteiger partial charge in [-0.3, -0.25) is 4.79 Å². The summed E-state index contributed by atoms with van der Waals surface area (Å²) >= 11 is 1.54. The number of hydrogen-bond acceptors (Lipinski definition) is 5. The zero-order valence-electron chi connectivity index (χ0n) is 19.3. The fourth-order valence-corrected chi connectivity index (χ4v) is 5.43. The Morgan fingerprint density at radius 2 is 1.79 bits per heavy atom. The molecule has 4 rings (SSSR count). The Hall–Kier alpha value is -2.80. The van der Waals surface area contributed by atoms with Crippen molar-refractivity contribution >= 4 is 23.4 Å². The van der Waals surface area contributed by atoms with Crippen molar-refractivity contribution in [3.63, 3.8) is 0 Å². The number of rotatable bonds is 7. The number of thioether (sulfide) groups is 1. The molecule has 1 amide bonds. The molecule has 1 heterocycles. The van der Waals surface area contributed by atoms with Gasteiger partial charge in [-0.05, 0) is 54.9 Å². The van der Waals surface area contributed by atoms with Crippen LogP contribution in [0.5, 0.6) is 5.75 Å². The fraction of sp³-hybridized carbons (Fsp3) is 0.296. The van der Waals surface area contributed by atoms with Gasteiger partial charge in [0.05, 0.1) is 18.0 Å². The number of fused-ring (bicyclic) bond motifs is 1. The van der Waals surface area contributed by atoms with Gasteiger partial charge in [-0.15, -0.1) is 11.8 Å². The molecule has 6 heteroatoms. The monoisotopic (exact) mass is 462 g/mol. The van der Waals surface area contributed by atoms with E-state index < -0.39 is 11.4 Å². The van der Waals surface area contributed by atoms with Crippen LogP contribution < -0.4 is 9.64 Å². The molecule has 172 valence electrons. The van der Waals surface area contributed by atoms with Crippen LogP contribution in [-0.2, 0) is 11.3 Å². The van der Waals surface area contributed by atoms with Gasteiger partial charge in [-0.2, -0.15) is 0 Å². The molecule has 0 saturated heterocycles. The zero-order valence-corrected chi connectivity index (χ0v) is 20.1. The first kappa shape index (κ1) is 23.4. The molecule has 0 fully saturated rings. The van der Waals surface area contributed by atoms with E-state index in [1.807, 2.05) is 61.5 Å². The average Bonchev–Trinajstić information content (AvgIpc) is 2.93. The van der Waals surface area contributed by atoms with Crippen LogP contribution in [0.3, 0.4) is 0 Å². The lowest BCUT2D eigenvalue weighted by Gasteiger charge is -2.27. The second-order valence-corrected chi connectivity index (χ2v) is 9.62. The van der Waals surface area contributed by atoms with E-state index in [-0.39, 0.29) is 5.91 Å². The number of anilines is 1. The molecule has 0 unspecified atom stereocenters. The van der Waals surface area contributed by atoms with Crippen LogP contribution in [0, 0.1) is 6.92 Å². The fourth-order valence-electron chi connectivity index (χ4n) is 4.07. The summed E-state index contributed by atoms with van der Waals surface area (Å²) in [6, 6.07) is 24.0. The number of methoxy groups -OCH3 is 1. The lowest BCUT2D eigenvalue weighted by Crippen LogP contribution is -2.43. The second-order valence-electron chi connectivity index (χ2n) is 8.44. The molecule has 3 aromatic rings. The summed E-state index contributed by atoms with van der Waals surface area (Å²) in [7, 11) is 3.68. The van der Waals surface area contributed by atoms with Crippen molar-refractivity contribution in [2.75, 3.05) is 32.1 Å². The number of hydrogen-bond donors (Lipinski definition) is 1. The number of ether oxygens (including phenoxy) is 1. The number of amides is 1. The number of aliphatic hydroxyl groups excluding tert-OH is 1. The van der Waals surface area contributed by atoms with Crippen molar-refractivity contribution in [1.29, 1.82) is 0 Å². The predicted octanol–water partition coefficient (Wildman–Crippen LogP) is 4.68. The molecule has 0 bridgehead atoms. The van der Waals surface area contributed by atoms with Gasteiger partial charge in [0.1, 0.15) is 11.9 Å². The van der Waals surface area contributed by atoms with E-state index in [2.05, 4.69) is 30.1 Å². The minimum absolute atomic E-state index is 0.265. The molecule has 33 heavy (non-hydrogen) atoms. The maximum Gasteiger partial charge on any atom is 0.257 e. The maximum absolute atomic E-state index is 13.5. The molecule has 2 atom stereocenters. The van der Waals surface area contributed by atoms with E-state index in [9.17, 15) is 9.90 Å². The van der Waals surface area contributed by atoms with Crippen LogP contribution in [0.2, 0.25) is 0 Å². The van der Waals surface area contributed by atoms with Crippen molar-refractivity contribution in [2.45, 2.75) is 29.7 Å². The third-order valence-corrected chi connectivity index (χ3v) is 7.28. The maximum atomic E-state index is 13.5. The van der Waals surface area contributed by atoms with E-state index in [1.54, 1.807) is 23.8 Å². The zero-order chi connectivity index (χ0) is 23.4. The first-order valence-corrected chi connectivity index (χ1v) is 12.0. The number of aliphatic hydroxyl groups is 1. The quantitative estimate of drug-likeness (QED) is 0.553. The van der Waals surface area contributed by atoms with E-state index in [0.717, 1.165) is 34.0 Å². The first-order chi connectivity index (χ1) is 16.0. The molecule has 0 spiro atoms. The number of likely N-dealkylation sites (N-methyl/N-ethyl adjacent to an activating group) is 1. The second kappa shape index (κ2) is 10.4. The van der Waals surface area contributed by atoms with Crippen molar-refractivity contribution in [1.82, 2.24) is 4.90 Å². The molecule has 0 saturated carbocycles. The lowest BCUT2D eigenvalue weighted by molar-refractivity contribution is -0.126. The summed E-state index contributed by atoms with van der Waals surface area (Å²) in [4.78, 5) is 18.4. The Morgan fingerprint density at radius 1 is 1.06 bits per heavy atom. The van der Waals surface area contributed by atoms with Gasteiger partial charge in [-0.1, -0.05) is 48.5 Å². The Labute approximate surface area is 200 Å². The molecule has 1 N–H and O–H groups in total. The Bertz CT molecular complexity index is 1090. The minimum Gasteiger partial charge on any atom is -0.497 e. The molecule has 1 aliphatic heterocycles. The van der Waals surface area contributed by atoms with Crippen LogP contribution in [0.1, 0.15) is 21.9 Å². The highest BCUT2D eigenvalue weighted by Crippen LogP contribution is 2.46. The summed E-state index contributed by atoms with van der Waals surface area (Å²) in [6.07, 6.45) is -1.14. The van der Waals surface area contributed by atoms with Crippen LogP contribution in [0.25, 0.3) is 0 Å². The van der Waals surface area contributed by atoms with E-state index in [0.29, 0.717) is 13.1 Å². The van der Waals surface area contributed by atoms with Crippen molar-refractivity contribution < 1.29 is 14.6 Å². The molecule has 0 aromatic heterocycles. The van der Waals surface area contributed by atoms with Crippen molar-refractivity contribution in [3.8, 4) is 5.75 Å². The Kier molecular flexibility index (Phi) is 7.38. The summed E-state index contributed by atoms with van der Waals surface area (Å²) < 4.78 is 5.27. The molecule has 3 aromatic carbocycles. The number of carbonyl (C=O) groups is 1. The van der Waals surface area contributed by atoms with E-state index in [1.165, 1.54) is 5.56 Å². The van der Waals surface area contributed by atoms with Crippen LogP contribution >= 0.6 is 11.8 Å². The molecular formula is C27H30N2O3S. The summed E-state index contributed by atoms with van der Waals surface area (Å²) in [5.41, 5.74) is 4.11. The highest BCUT2D eigenvalue weighted by Gasteiger charge is 2.37. The predicted molar refractivity (Wildman–Crippen MR) is 134 cm³/mol. The summed E-state index contributed by atoms with van der Waals surface area (Å²) in [6.45, 7) is 4.05. The smallest absolute Gasteiger partial charge is 0.257 e. The Morgan fingerprint density at radius 3 is 2.48 bits per heavy atom. The number of aryl methyl sites for hydroxylation is 1. The SMILES string of the molecule is COc1ccc([C@@H]2Sc3cc(C)ccc3N(CCN(C)Cc3ccccc3)C(=O)[C@@H]2O)cc1. The van der Waals surface area contributed by atoms with Crippen LogP contribution in [0.4, 0.5) is 5.69 Å². The lowest BCUT2D eigenvalue weighted by atomic mass is 10.1. The molecule has 0 aliphatic carbocycles. The number of benzene rings is 3. The molecular weight excluding hydrogens is 432 g/mol. The van der Waals surface area contributed by atoms with Gasteiger partial charge in [-0.25, -0.2) is 0 Å².